The Balaban J connectivity index is 2.04. The number of nitrogens with two attached hydrogens (primary N) is 1. The number of nitrogens with zero attached hydrogens (tertiary/aromatic N) is 1. The lowest BCUT2D eigenvalue weighted by Crippen LogP contribution is -2.05. The standard InChI is InChI=1S/C16H21N3/c1-11-16(15(8-9-17)19-18-11)14-7-6-12-4-2-3-5-13(12)10-14/h6-7,10H,2-5,8-9,17H2,1H3,(H,18,19). The van der Waals surface area contributed by atoms with Gasteiger partial charge in [0.15, 0.2) is 0 Å². The first-order valence-corrected chi connectivity index (χ1v) is 7.15. The highest BCUT2D eigenvalue weighted by molar-refractivity contribution is 5.69. The minimum atomic E-state index is 0.641. The summed E-state index contributed by atoms with van der Waals surface area (Å²) in [6.45, 7) is 2.73. The fourth-order valence-electron chi connectivity index (χ4n) is 3.07. The van der Waals surface area contributed by atoms with E-state index in [0.717, 1.165) is 17.8 Å². The summed E-state index contributed by atoms with van der Waals surface area (Å²) in [5, 5.41) is 7.48. The Bertz CT molecular complexity index is 584. The van der Waals surface area contributed by atoms with E-state index < -0.39 is 0 Å². The molecule has 3 N–H and O–H groups in total. The summed E-state index contributed by atoms with van der Waals surface area (Å²) in [4.78, 5) is 0. The van der Waals surface area contributed by atoms with Gasteiger partial charge >= 0.3 is 0 Å². The first kappa shape index (κ1) is 12.4. The fraction of sp³-hybridized carbons (Fsp3) is 0.438. The highest BCUT2D eigenvalue weighted by atomic mass is 15.1. The zero-order valence-electron chi connectivity index (χ0n) is 11.5. The molecule has 100 valence electrons. The zero-order chi connectivity index (χ0) is 13.2. The van der Waals surface area contributed by atoms with Gasteiger partial charge in [-0.3, -0.25) is 5.10 Å². The van der Waals surface area contributed by atoms with Gasteiger partial charge < -0.3 is 5.73 Å². The molecule has 0 spiro atoms. The third-order valence-corrected chi connectivity index (χ3v) is 4.04. The van der Waals surface area contributed by atoms with E-state index >= 15 is 0 Å². The number of H-pyrrole nitrogens is 1. The molecule has 0 saturated carbocycles. The molecular formula is C16H21N3. The van der Waals surface area contributed by atoms with E-state index in [0.29, 0.717) is 6.54 Å². The van der Waals surface area contributed by atoms with Crippen LogP contribution >= 0.6 is 0 Å². The van der Waals surface area contributed by atoms with Crippen LogP contribution in [-0.2, 0) is 19.3 Å². The van der Waals surface area contributed by atoms with Crippen LogP contribution in [-0.4, -0.2) is 16.7 Å². The second kappa shape index (κ2) is 5.17. The Morgan fingerprint density at radius 1 is 1.21 bits per heavy atom. The lowest BCUT2D eigenvalue weighted by molar-refractivity contribution is 0.686. The normalized spacial score (nSPS) is 14.4. The van der Waals surface area contributed by atoms with Crippen molar-refractivity contribution < 1.29 is 0 Å². The Morgan fingerprint density at radius 2 is 2.00 bits per heavy atom. The van der Waals surface area contributed by atoms with Gasteiger partial charge in [0.1, 0.15) is 0 Å². The molecule has 3 heteroatoms. The van der Waals surface area contributed by atoms with Crippen LogP contribution < -0.4 is 5.73 Å². The molecule has 0 saturated heterocycles. The van der Waals surface area contributed by atoms with Crippen molar-refractivity contribution in [3.05, 3.63) is 40.7 Å². The topological polar surface area (TPSA) is 54.7 Å². The van der Waals surface area contributed by atoms with Crippen LogP contribution in [0.15, 0.2) is 18.2 Å². The highest BCUT2D eigenvalue weighted by Gasteiger charge is 2.15. The minimum Gasteiger partial charge on any atom is -0.330 e. The number of aromatic amines is 1. The molecule has 1 aromatic heterocycles. The Morgan fingerprint density at radius 3 is 2.79 bits per heavy atom. The number of hydrogen-bond acceptors (Lipinski definition) is 2. The van der Waals surface area contributed by atoms with Crippen LogP contribution in [0.25, 0.3) is 11.1 Å². The Hall–Kier alpha value is -1.61. The van der Waals surface area contributed by atoms with Gasteiger partial charge in [-0.25, -0.2) is 0 Å². The average Bonchev–Trinajstić information content (AvgIpc) is 2.80. The third kappa shape index (κ3) is 2.30. The van der Waals surface area contributed by atoms with Crippen LogP contribution in [0.1, 0.15) is 35.4 Å². The molecule has 0 atom stereocenters. The summed E-state index contributed by atoms with van der Waals surface area (Å²) in [6.07, 6.45) is 5.92. The summed E-state index contributed by atoms with van der Waals surface area (Å²) >= 11 is 0. The van der Waals surface area contributed by atoms with Gasteiger partial charge in [0, 0.05) is 17.7 Å². The molecule has 3 rings (SSSR count). The quantitative estimate of drug-likeness (QED) is 0.886. The van der Waals surface area contributed by atoms with Crippen LogP contribution in [0.5, 0.6) is 0 Å². The molecule has 0 aliphatic heterocycles. The number of aryl methyl sites for hydroxylation is 3. The lowest BCUT2D eigenvalue weighted by Gasteiger charge is -2.17. The molecule has 1 aliphatic rings. The number of aromatic nitrogens is 2. The lowest BCUT2D eigenvalue weighted by atomic mass is 9.88. The largest absolute Gasteiger partial charge is 0.330 e. The first-order chi connectivity index (χ1) is 9.29. The van der Waals surface area contributed by atoms with Gasteiger partial charge in [-0.05, 0) is 55.8 Å². The van der Waals surface area contributed by atoms with Gasteiger partial charge in [0.2, 0.25) is 0 Å². The molecular weight excluding hydrogens is 234 g/mol. The summed E-state index contributed by atoms with van der Waals surface area (Å²) in [7, 11) is 0. The van der Waals surface area contributed by atoms with E-state index in [1.54, 1.807) is 0 Å². The molecule has 2 aromatic rings. The van der Waals surface area contributed by atoms with Crippen LogP contribution in [0.4, 0.5) is 0 Å². The number of nitrogens with one attached hydrogen (secondary N) is 1. The molecule has 0 fully saturated rings. The van der Waals surface area contributed by atoms with E-state index in [-0.39, 0.29) is 0 Å². The second-order valence-electron chi connectivity index (χ2n) is 5.40. The predicted octanol–water partition coefficient (Wildman–Crippen LogP) is 2.77. The summed E-state index contributed by atoms with van der Waals surface area (Å²) in [6, 6.07) is 6.89. The minimum absolute atomic E-state index is 0.641. The molecule has 3 nitrogen and oxygen atoms in total. The van der Waals surface area contributed by atoms with Gasteiger partial charge in [0.25, 0.3) is 0 Å². The van der Waals surface area contributed by atoms with Crippen molar-refractivity contribution in [2.75, 3.05) is 6.54 Å². The van der Waals surface area contributed by atoms with Crippen molar-refractivity contribution in [2.45, 2.75) is 39.0 Å². The Labute approximate surface area is 114 Å². The van der Waals surface area contributed by atoms with Crippen LogP contribution in [0.3, 0.4) is 0 Å². The Kier molecular flexibility index (Phi) is 3.38. The molecule has 0 unspecified atom stereocenters. The summed E-state index contributed by atoms with van der Waals surface area (Å²) in [5.41, 5.74) is 13.5. The van der Waals surface area contributed by atoms with Crippen molar-refractivity contribution >= 4 is 0 Å². The van der Waals surface area contributed by atoms with Crippen molar-refractivity contribution in [2.24, 2.45) is 5.73 Å². The maximum absolute atomic E-state index is 5.67. The van der Waals surface area contributed by atoms with Gasteiger partial charge in [0.05, 0.1) is 5.69 Å². The number of rotatable bonds is 3. The van der Waals surface area contributed by atoms with Crippen molar-refractivity contribution in [3.8, 4) is 11.1 Å². The van der Waals surface area contributed by atoms with Crippen molar-refractivity contribution in [1.29, 1.82) is 0 Å². The SMILES string of the molecule is Cc1[nH]nc(CCN)c1-c1ccc2c(c1)CCCC2. The third-order valence-electron chi connectivity index (χ3n) is 4.04. The maximum atomic E-state index is 5.67. The van der Waals surface area contributed by atoms with E-state index in [9.17, 15) is 0 Å². The number of fused-ring (bicyclic) bond motifs is 1. The molecule has 1 aliphatic carbocycles. The number of benzene rings is 1. The van der Waals surface area contributed by atoms with Crippen molar-refractivity contribution in [3.63, 3.8) is 0 Å². The zero-order valence-corrected chi connectivity index (χ0v) is 11.5. The van der Waals surface area contributed by atoms with Gasteiger partial charge in [-0.15, -0.1) is 0 Å². The molecule has 0 radical (unpaired) electrons. The van der Waals surface area contributed by atoms with Crippen LogP contribution in [0, 0.1) is 6.92 Å². The van der Waals surface area contributed by atoms with E-state index in [2.05, 4.69) is 35.3 Å². The summed E-state index contributed by atoms with van der Waals surface area (Å²) in [5.74, 6) is 0. The average molecular weight is 255 g/mol. The monoisotopic (exact) mass is 255 g/mol. The van der Waals surface area contributed by atoms with E-state index in [1.807, 2.05) is 0 Å². The molecule has 1 heterocycles. The van der Waals surface area contributed by atoms with Gasteiger partial charge in [-0.1, -0.05) is 18.2 Å². The van der Waals surface area contributed by atoms with Gasteiger partial charge in [-0.2, -0.15) is 5.10 Å². The fourth-order valence-corrected chi connectivity index (χ4v) is 3.07. The molecule has 0 amide bonds. The van der Waals surface area contributed by atoms with Crippen LogP contribution in [0.2, 0.25) is 0 Å². The molecule has 1 aromatic carbocycles. The predicted molar refractivity (Wildman–Crippen MR) is 78.2 cm³/mol. The highest BCUT2D eigenvalue weighted by Crippen LogP contribution is 2.30. The van der Waals surface area contributed by atoms with E-state index in [1.165, 1.54) is 47.9 Å². The molecule has 0 bridgehead atoms. The smallest absolute Gasteiger partial charge is 0.0715 e. The van der Waals surface area contributed by atoms with E-state index in [4.69, 9.17) is 5.73 Å². The number of hydrogen-bond donors (Lipinski definition) is 2. The first-order valence-electron chi connectivity index (χ1n) is 7.15. The molecule has 19 heavy (non-hydrogen) atoms. The maximum Gasteiger partial charge on any atom is 0.0715 e. The van der Waals surface area contributed by atoms with Crippen molar-refractivity contribution in [1.82, 2.24) is 10.2 Å². The second-order valence-corrected chi connectivity index (χ2v) is 5.40. The summed E-state index contributed by atoms with van der Waals surface area (Å²) < 4.78 is 0.